The fourth-order valence-electron chi connectivity index (χ4n) is 3.13. The summed E-state index contributed by atoms with van der Waals surface area (Å²) in [7, 11) is 0. The number of hydrogen-bond acceptors (Lipinski definition) is 3. The van der Waals surface area contributed by atoms with Crippen molar-refractivity contribution in [3.63, 3.8) is 0 Å². The Morgan fingerprint density at radius 3 is 2.63 bits per heavy atom. The molecule has 4 atom stereocenters. The van der Waals surface area contributed by atoms with Crippen LogP contribution in [-0.2, 0) is 0 Å². The first-order valence-electron chi connectivity index (χ1n) is 7.26. The van der Waals surface area contributed by atoms with Crippen molar-refractivity contribution in [2.75, 3.05) is 13.2 Å². The van der Waals surface area contributed by atoms with Crippen molar-refractivity contribution in [3.05, 3.63) is 35.9 Å². The highest BCUT2D eigenvalue weighted by molar-refractivity contribution is 5.20. The van der Waals surface area contributed by atoms with Crippen molar-refractivity contribution in [2.24, 2.45) is 5.92 Å². The van der Waals surface area contributed by atoms with E-state index in [1.165, 1.54) is 12.0 Å². The molecule has 0 aromatic heterocycles. The highest BCUT2D eigenvalue weighted by Crippen LogP contribution is 2.35. The molecule has 0 bridgehead atoms. The Morgan fingerprint density at radius 2 is 1.95 bits per heavy atom. The van der Waals surface area contributed by atoms with Crippen LogP contribution in [0.15, 0.2) is 30.3 Å². The highest BCUT2D eigenvalue weighted by Gasteiger charge is 2.27. The molecule has 0 heterocycles. The van der Waals surface area contributed by atoms with E-state index in [2.05, 4.69) is 42.6 Å². The van der Waals surface area contributed by atoms with E-state index in [4.69, 9.17) is 5.11 Å². The summed E-state index contributed by atoms with van der Waals surface area (Å²) in [5.74, 6) is 1.30. The lowest BCUT2D eigenvalue weighted by molar-refractivity contribution is 0.0886. The van der Waals surface area contributed by atoms with Crippen molar-refractivity contribution in [1.29, 1.82) is 0 Å². The quantitative estimate of drug-likeness (QED) is 0.760. The normalized spacial score (nSPS) is 29.1. The van der Waals surface area contributed by atoms with Gasteiger partial charge in [-0.1, -0.05) is 37.3 Å². The summed E-state index contributed by atoms with van der Waals surface area (Å²) in [5, 5.41) is 21.7. The Balaban J connectivity index is 1.92. The molecule has 19 heavy (non-hydrogen) atoms. The molecule has 0 amide bonds. The minimum atomic E-state index is -0.646. The molecule has 3 heteroatoms. The lowest BCUT2D eigenvalue weighted by Gasteiger charge is -2.34. The van der Waals surface area contributed by atoms with E-state index in [9.17, 15) is 5.11 Å². The van der Waals surface area contributed by atoms with Crippen LogP contribution >= 0.6 is 0 Å². The highest BCUT2D eigenvalue weighted by atomic mass is 16.3. The van der Waals surface area contributed by atoms with Crippen molar-refractivity contribution >= 4 is 0 Å². The van der Waals surface area contributed by atoms with E-state index >= 15 is 0 Å². The Labute approximate surface area is 115 Å². The molecule has 0 unspecified atom stereocenters. The van der Waals surface area contributed by atoms with Crippen molar-refractivity contribution in [3.8, 4) is 0 Å². The molecule has 2 rings (SSSR count). The van der Waals surface area contributed by atoms with Gasteiger partial charge in [-0.15, -0.1) is 0 Å². The summed E-state index contributed by atoms with van der Waals surface area (Å²) < 4.78 is 0. The lowest BCUT2D eigenvalue weighted by Crippen LogP contribution is -2.41. The van der Waals surface area contributed by atoms with Crippen LogP contribution in [0.5, 0.6) is 0 Å². The molecule has 1 aromatic rings. The van der Waals surface area contributed by atoms with Gasteiger partial charge in [0, 0.05) is 12.6 Å². The van der Waals surface area contributed by atoms with Gasteiger partial charge in [0.25, 0.3) is 0 Å². The number of nitrogens with one attached hydrogen (secondary N) is 1. The van der Waals surface area contributed by atoms with E-state index in [0.29, 0.717) is 24.4 Å². The zero-order valence-corrected chi connectivity index (χ0v) is 11.6. The maximum Gasteiger partial charge on any atom is 0.0895 e. The first-order chi connectivity index (χ1) is 9.19. The van der Waals surface area contributed by atoms with Crippen LogP contribution in [0.4, 0.5) is 0 Å². The minimum Gasteiger partial charge on any atom is -0.394 e. The zero-order chi connectivity index (χ0) is 13.7. The minimum absolute atomic E-state index is 0.169. The molecule has 0 radical (unpaired) electrons. The maximum absolute atomic E-state index is 9.42. The molecule has 1 fully saturated rings. The molecule has 1 saturated carbocycles. The van der Waals surface area contributed by atoms with Gasteiger partial charge in [-0.3, -0.25) is 0 Å². The number of hydrogen-bond donors (Lipinski definition) is 3. The van der Waals surface area contributed by atoms with Gasteiger partial charge in [0.15, 0.2) is 0 Å². The average Bonchev–Trinajstić information content (AvgIpc) is 2.45. The molecule has 1 aliphatic rings. The van der Waals surface area contributed by atoms with Crippen LogP contribution < -0.4 is 5.32 Å². The van der Waals surface area contributed by atoms with E-state index in [-0.39, 0.29) is 6.61 Å². The second-order valence-electron chi connectivity index (χ2n) is 5.86. The Bertz CT molecular complexity index is 368. The van der Waals surface area contributed by atoms with Gasteiger partial charge in [-0.2, -0.15) is 0 Å². The van der Waals surface area contributed by atoms with Crippen LogP contribution in [0.25, 0.3) is 0 Å². The van der Waals surface area contributed by atoms with E-state index < -0.39 is 6.10 Å². The van der Waals surface area contributed by atoms with Gasteiger partial charge in [0.2, 0.25) is 0 Å². The third kappa shape index (κ3) is 4.30. The van der Waals surface area contributed by atoms with Crippen molar-refractivity contribution in [2.45, 2.75) is 44.2 Å². The smallest absolute Gasteiger partial charge is 0.0895 e. The summed E-state index contributed by atoms with van der Waals surface area (Å²) in [6.45, 7) is 2.61. The first kappa shape index (κ1) is 14.5. The summed E-state index contributed by atoms with van der Waals surface area (Å²) in [6, 6.07) is 11.1. The molecular weight excluding hydrogens is 238 g/mol. The van der Waals surface area contributed by atoms with Crippen LogP contribution in [0.3, 0.4) is 0 Å². The Morgan fingerprint density at radius 1 is 1.21 bits per heavy atom. The number of rotatable bonds is 5. The van der Waals surface area contributed by atoms with Gasteiger partial charge in [0.1, 0.15) is 0 Å². The third-order valence-corrected chi connectivity index (χ3v) is 4.07. The topological polar surface area (TPSA) is 52.5 Å². The molecular formula is C16H25NO2. The van der Waals surface area contributed by atoms with E-state index in [0.717, 1.165) is 12.8 Å². The molecule has 0 saturated heterocycles. The maximum atomic E-state index is 9.42. The second-order valence-corrected chi connectivity index (χ2v) is 5.86. The largest absolute Gasteiger partial charge is 0.394 e. The fraction of sp³-hybridized carbons (Fsp3) is 0.625. The Hall–Kier alpha value is -0.900. The fourth-order valence-corrected chi connectivity index (χ4v) is 3.13. The van der Waals surface area contributed by atoms with Gasteiger partial charge in [-0.25, -0.2) is 0 Å². The number of aliphatic hydroxyl groups is 2. The van der Waals surface area contributed by atoms with Gasteiger partial charge in [0.05, 0.1) is 12.7 Å². The number of aliphatic hydroxyl groups excluding tert-OH is 2. The van der Waals surface area contributed by atoms with E-state index in [1.807, 2.05) is 0 Å². The average molecular weight is 263 g/mol. The van der Waals surface area contributed by atoms with Crippen LogP contribution in [-0.4, -0.2) is 35.5 Å². The molecule has 0 spiro atoms. The molecule has 3 N–H and O–H groups in total. The number of benzene rings is 1. The van der Waals surface area contributed by atoms with E-state index in [1.54, 1.807) is 0 Å². The Kier molecular flexibility index (Phi) is 5.37. The van der Waals surface area contributed by atoms with Gasteiger partial charge in [-0.05, 0) is 36.7 Å². The summed E-state index contributed by atoms with van der Waals surface area (Å²) in [5.41, 5.74) is 1.42. The predicted octanol–water partition coefficient (Wildman–Crippen LogP) is 1.90. The molecule has 0 aliphatic heterocycles. The van der Waals surface area contributed by atoms with Crippen molar-refractivity contribution in [1.82, 2.24) is 5.32 Å². The summed E-state index contributed by atoms with van der Waals surface area (Å²) in [6.07, 6.45) is 2.87. The van der Waals surface area contributed by atoms with Crippen LogP contribution in [0.2, 0.25) is 0 Å². The van der Waals surface area contributed by atoms with Crippen molar-refractivity contribution < 1.29 is 10.2 Å². The first-order valence-corrected chi connectivity index (χ1v) is 7.26. The second kappa shape index (κ2) is 7.04. The van der Waals surface area contributed by atoms with Crippen LogP contribution in [0.1, 0.15) is 37.7 Å². The predicted molar refractivity (Wildman–Crippen MR) is 77.1 cm³/mol. The summed E-state index contributed by atoms with van der Waals surface area (Å²) in [4.78, 5) is 0. The summed E-state index contributed by atoms with van der Waals surface area (Å²) >= 11 is 0. The van der Waals surface area contributed by atoms with Crippen LogP contribution in [0, 0.1) is 5.92 Å². The molecule has 1 aromatic carbocycles. The molecule has 3 nitrogen and oxygen atoms in total. The lowest BCUT2D eigenvalue weighted by atomic mass is 9.76. The van der Waals surface area contributed by atoms with Gasteiger partial charge >= 0.3 is 0 Å². The monoisotopic (exact) mass is 263 g/mol. The zero-order valence-electron chi connectivity index (χ0n) is 11.6. The molecule has 1 aliphatic carbocycles. The molecule has 106 valence electrons. The van der Waals surface area contributed by atoms with Gasteiger partial charge < -0.3 is 15.5 Å². The standard InChI is InChI=1S/C16H25NO2/c1-12-7-14(13-5-3-2-4-6-13)9-15(8-12)17-10-16(19)11-18/h2-6,12,14-19H,7-11H2,1H3/t12-,14-,15-,16-/m1/s1. The SMILES string of the molecule is C[C@H]1C[C@@H](NC[C@@H](O)CO)C[C@H](c2ccccc2)C1. The third-order valence-electron chi connectivity index (χ3n) is 4.07.